The van der Waals surface area contributed by atoms with E-state index < -0.39 is 109 Å². The maximum atomic E-state index is 10.1. The van der Waals surface area contributed by atoms with Crippen LogP contribution >= 0.6 is 0 Å². The minimum Gasteiger partial charge on any atom is -0.550 e. The van der Waals surface area contributed by atoms with Crippen molar-refractivity contribution in [3.05, 3.63) is 0 Å². The Bertz CT molecular complexity index is 819. The zero-order valence-electron chi connectivity index (χ0n) is 20.3. The number of rotatable bonds is 15. The molecule has 1 radical (unpaired) electrons. The molecule has 22 nitrogen and oxygen atoms in total. The van der Waals surface area contributed by atoms with Crippen molar-refractivity contribution in [1.29, 1.82) is 0 Å². The van der Waals surface area contributed by atoms with Crippen LogP contribution in [0.3, 0.4) is 0 Å². The molecular weight excluding hydrogens is 622 g/mol. The summed E-state index contributed by atoms with van der Waals surface area (Å²) in [6, 6.07) is 0. The van der Waals surface area contributed by atoms with Crippen LogP contribution in [0.15, 0.2) is 0 Å². The molecule has 235 valence electrons. The number of carboxylic acid groups (broad SMARTS) is 9. The van der Waals surface area contributed by atoms with E-state index in [4.69, 9.17) is 15.3 Å². The van der Waals surface area contributed by atoms with Crippen LogP contribution in [-0.2, 0) is 60.2 Å². The maximum absolute atomic E-state index is 10.1. The molecule has 0 heterocycles. The number of carbonyl (C=O) groups excluding carboxylic acids is 9. The third kappa shape index (κ3) is 21.1. The predicted molar refractivity (Wildman–Crippen MR) is 93.6 cm³/mol. The van der Waals surface area contributed by atoms with E-state index in [1.54, 1.807) is 0 Å². The van der Waals surface area contributed by atoms with Gasteiger partial charge in [-0.2, -0.15) is 0 Å². The van der Waals surface area contributed by atoms with Crippen LogP contribution in [0.1, 0.15) is 38.5 Å². The molecule has 0 saturated heterocycles. The van der Waals surface area contributed by atoms with E-state index in [0.717, 1.165) is 0 Å². The van der Waals surface area contributed by atoms with Crippen LogP contribution in [0.4, 0.5) is 0 Å². The fraction of sp³-hybridized carbons (Fsp3) is 0.500. The first kappa shape index (κ1) is 46.4. The first-order valence-corrected chi connectivity index (χ1v) is 9.34. The molecule has 0 atom stereocenters. The molecular formula is C18H19FeNO21-5. The largest absolute Gasteiger partial charge is 3.00 e. The molecule has 0 saturated carbocycles. The molecule has 0 aliphatic heterocycles. The minimum atomic E-state index is -2.97. The van der Waals surface area contributed by atoms with Crippen molar-refractivity contribution in [3.8, 4) is 0 Å². The molecule has 0 unspecified atom stereocenters. The Balaban J connectivity index is -0.000000154. The summed E-state index contributed by atoms with van der Waals surface area (Å²) in [5.41, 5.74) is -8.92. The van der Waals surface area contributed by atoms with E-state index in [0.29, 0.717) is 0 Å². The smallest absolute Gasteiger partial charge is 0.550 e. The van der Waals surface area contributed by atoms with Crippen molar-refractivity contribution in [2.24, 2.45) is 0 Å². The molecule has 0 fully saturated rings. The molecule has 0 spiro atoms. The zero-order valence-corrected chi connectivity index (χ0v) is 21.4. The third-order valence-corrected chi connectivity index (χ3v) is 3.76. The van der Waals surface area contributed by atoms with Crippen LogP contribution in [0.25, 0.3) is 0 Å². The molecule has 0 aromatic carbocycles. The Morgan fingerprint density at radius 2 is 0.463 bits per heavy atom. The second-order valence-corrected chi connectivity index (χ2v) is 7.25. The maximum Gasteiger partial charge on any atom is 3.00 e. The second-order valence-electron chi connectivity index (χ2n) is 7.25. The van der Waals surface area contributed by atoms with Gasteiger partial charge in [-0.3, -0.25) is 0 Å². The normalized spacial score (nSPS) is 10.3. The molecule has 0 aromatic rings. The van der Waals surface area contributed by atoms with Crippen LogP contribution in [-0.4, -0.2) is 85.8 Å². The summed E-state index contributed by atoms with van der Waals surface area (Å²) >= 11 is 0. The molecule has 41 heavy (non-hydrogen) atoms. The van der Waals surface area contributed by atoms with Crippen molar-refractivity contribution in [1.82, 2.24) is 6.15 Å². The number of aliphatic hydroxyl groups is 3. The number of aliphatic carboxylic acids is 9. The number of carboxylic acids is 9. The average molecular weight is 641 g/mol. The molecule has 0 aliphatic rings. The van der Waals surface area contributed by atoms with Gasteiger partial charge in [-0.25, -0.2) is 0 Å². The first-order chi connectivity index (χ1) is 17.3. The van der Waals surface area contributed by atoms with Crippen LogP contribution < -0.4 is 52.1 Å². The van der Waals surface area contributed by atoms with Crippen molar-refractivity contribution in [2.75, 3.05) is 0 Å². The quantitative estimate of drug-likeness (QED) is 0.121. The second kappa shape index (κ2) is 19.6. The van der Waals surface area contributed by atoms with E-state index in [9.17, 15) is 89.1 Å². The monoisotopic (exact) mass is 641 g/mol. The van der Waals surface area contributed by atoms with Crippen molar-refractivity contribution in [2.45, 2.75) is 55.3 Å². The van der Waals surface area contributed by atoms with Crippen molar-refractivity contribution in [3.63, 3.8) is 0 Å². The summed E-state index contributed by atoms with van der Waals surface area (Å²) in [5.74, 6) is -18.0. The van der Waals surface area contributed by atoms with Gasteiger partial charge in [0.15, 0.2) is 0 Å². The van der Waals surface area contributed by atoms with Crippen molar-refractivity contribution < 1.29 is 121 Å². The fourth-order valence-corrected chi connectivity index (χ4v) is 2.05. The molecule has 0 aromatic heterocycles. The van der Waals surface area contributed by atoms with E-state index in [2.05, 4.69) is 0 Å². The Morgan fingerprint density at radius 3 is 0.512 bits per heavy atom. The number of quaternary nitrogens is 1. The van der Waals surface area contributed by atoms with Crippen LogP contribution in [0, 0.1) is 0 Å². The van der Waals surface area contributed by atoms with Crippen molar-refractivity contribution >= 4 is 53.7 Å². The standard InChI is InChI=1S/3C6H8O7.Fe.H3N/c3*7-3(8)1-6(13,5(11)12)2-4(9)10;;/h3*13H,1-2H2,(H,7,8)(H,9,10)(H,11,12);;1H3/q;;;+3;/p-8. The topological polar surface area (TPSA) is 458 Å². The third-order valence-electron chi connectivity index (χ3n) is 3.76. The summed E-state index contributed by atoms with van der Waals surface area (Å²) < 4.78 is 0. The van der Waals surface area contributed by atoms with E-state index >= 15 is 0 Å². The predicted octanol–water partition coefficient (Wildman–Crippen LogP) is -15.4. The molecule has 7 N–H and O–H groups in total. The van der Waals surface area contributed by atoms with E-state index in [1.165, 1.54) is 0 Å². The summed E-state index contributed by atoms with van der Waals surface area (Å²) in [5, 5.41) is 117. The van der Waals surface area contributed by atoms with Gasteiger partial charge < -0.3 is 111 Å². The molecule has 0 bridgehead atoms. The Hall–Kier alpha value is -4.41. The Morgan fingerprint density at radius 1 is 0.366 bits per heavy atom. The molecule has 0 rings (SSSR count). The van der Waals surface area contributed by atoms with Gasteiger partial charge in [0.25, 0.3) is 0 Å². The van der Waals surface area contributed by atoms with Gasteiger partial charge in [0.2, 0.25) is 0 Å². The summed E-state index contributed by atoms with van der Waals surface area (Å²) in [7, 11) is 0. The van der Waals surface area contributed by atoms with Gasteiger partial charge in [0, 0.05) is 74.3 Å². The molecule has 23 heteroatoms. The minimum absolute atomic E-state index is 0. The average Bonchev–Trinajstić information content (AvgIpc) is 2.64. The number of hydrogen-bond donors (Lipinski definition) is 4. The summed E-state index contributed by atoms with van der Waals surface area (Å²) in [6.07, 6.45) is -8.15. The van der Waals surface area contributed by atoms with Gasteiger partial charge >= 0.3 is 17.1 Å². The van der Waals surface area contributed by atoms with Gasteiger partial charge in [-0.05, 0) is 0 Å². The summed E-state index contributed by atoms with van der Waals surface area (Å²) in [4.78, 5) is 90.0. The molecule has 0 amide bonds. The Kier molecular flexibility index (Phi) is 22.2. The Labute approximate surface area is 237 Å². The summed E-state index contributed by atoms with van der Waals surface area (Å²) in [6.45, 7) is 0. The van der Waals surface area contributed by atoms with E-state index in [-0.39, 0.29) is 23.2 Å². The van der Waals surface area contributed by atoms with Gasteiger partial charge in [0.1, 0.15) is 16.8 Å². The number of hydrogen-bond acceptors (Lipinski definition) is 21. The van der Waals surface area contributed by atoms with E-state index in [1.807, 2.05) is 0 Å². The van der Waals surface area contributed by atoms with Crippen LogP contribution in [0.2, 0.25) is 0 Å². The van der Waals surface area contributed by atoms with Gasteiger partial charge in [-0.1, -0.05) is 0 Å². The number of carbonyl (C=O) groups is 9. The fourth-order valence-electron chi connectivity index (χ4n) is 2.05. The molecule has 0 aliphatic carbocycles. The van der Waals surface area contributed by atoms with Gasteiger partial charge in [0.05, 0.1) is 17.9 Å². The zero-order chi connectivity index (χ0) is 31.9. The first-order valence-electron chi connectivity index (χ1n) is 9.34. The van der Waals surface area contributed by atoms with Gasteiger partial charge in [-0.15, -0.1) is 0 Å². The SMILES string of the molecule is O=C([O-])CC(O)(CC(=O)[O-])C(=O)[O-].O=C([O-])CC(O)(CC(=O)[O-])C(=O)[O-].O=C([O-])CC(O)(CC(=O)[O-])C(=O)[O-].[Fe+3].[NH4+]. The van der Waals surface area contributed by atoms with Crippen LogP contribution in [0.5, 0.6) is 0 Å².